The van der Waals surface area contributed by atoms with Gasteiger partial charge in [0.05, 0.1) is 16.8 Å². The molecule has 2 heterocycles. The predicted molar refractivity (Wildman–Crippen MR) is 78.7 cm³/mol. The molecular formula is C12H11ClN2O3S2. The lowest BCUT2D eigenvalue weighted by Gasteiger charge is -2.09. The molecule has 2 rings (SSSR count). The zero-order valence-corrected chi connectivity index (χ0v) is 12.8. The molecule has 1 amide bonds. The van der Waals surface area contributed by atoms with Gasteiger partial charge in [0, 0.05) is 10.3 Å². The minimum Gasteiger partial charge on any atom is -0.476 e. The third kappa shape index (κ3) is 3.56. The molecule has 0 radical (unpaired) electrons. The van der Waals surface area contributed by atoms with Crippen molar-refractivity contribution in [2.24, 2.45) is 0 Å². The number of hydrogen-bond acceptors (Lipinski definition) is 5. The van der Waals surface area contributed by atoms with E-state index in [2.05, 4.69) is 10.3 Å². The van der Waals surface area contributed by atoms with Crippen molar-refractivity contribution in [3.05, 3.63) is 37.4 Å². The number of rotatable bonds is 5. The Bertz CT molecular complexity index is 638. The third-order valence-electron chi connectivity index (χ3n) is 2.60. The molecule has 0 aliphatic heterocycles. The summed E-state index contributed by atoms with van der Waals surface area (Å²) < 4.78 is 0.644. The quantitative estimate of drug-likeness (QED) is 0.883. The molecule has 5 nitrogen and oxygen atoms in total. The van der Waals surface area contributed by atoms with Crippen molar-refractivity contribution >= 4 is 46.2 Å². The van der Waals surface area contributed by atoms with Crippen LogP contribution in [0.1, 0.15) is 33.2 Å². The summed E-state index contributed by atoms with van der Waals surface area (Å²) in [6.45, 7) is 2.02. The molecule has 0 bridgehead atoms. The first-order chi connectivity index (χ1) is 9.47. The molecule has 2 aromatic heterocycles. The maximum atomic E-state index is 12.0. The van der Waals surface area contributed by atoms with Gasteiger partial charge in [0.25, 0.3) is 0 Å². The maximum Gasteiger partial charge on any atom is 0.355 e. The standard InChI is InChI=1S/C12H11ClN2O3S2/c1-6(8-2-3-9(13)20-8)11(16)14-4-10-15-7(5-19-10)12(17)18/h2-3,5-6H,4H2,1H3,(H,14,16)(H,17,18). The fourth-order valence-corrected chi connectivity index (χ4v) is 3.32. The summed E-state index contributed by atoms with van der Waals surface area (Å²) >= 11 is 8.41. The van der Waals surface area contributed by atoms with Crippen LogP contribution in [0.25, 0.3) is 0 Å². The number of thiophene rings is 1. The van der Waals surface area contributed by atoms with Gasteiger partial charge in [-0.3, -0.25) is 4.79 Å². The molecule has 1 unspecified atom stereocenters. The van der Waals surface area contributed by atoms with Gasteiger partial charge in [-0.25, -0.2) is 9.78 Å². The number of amides is 1. The van der Waals surface area contributed by atoms with Gasteiger partial charge in [-0.05, 0) is 19.1 Å². The molecule has 0 saturated heterocycles. The Hall–Kier alpha value is -1.44. The fourth-order valence-electron chi connectivity index (χ4n) is 1.50. The normalized spacial score (nSPS) is 12.1. The minimum absolute atomic E-state index is 0.00247. The SMILES string of the molecule is CC(C(=O)NCc1nc(C(=O)O)cs1)c1ccc(Cl)s1. The van der Waals surface area contributed by atoms with Gasteiger partial charge in [-0.15, -0.1) is 22.7 Å². The highest BCUT2D eigenvalue weighted by Crippen LogP contribution is 2.28. The van der Waals surface area contributed by atoms with Crippen molar-refractivity contribution in [1.82, 2.24) is 10.3 Å². The van der Waals surface area contributed by atoms with Crippen LogP contribution in [-0.4, -0.2) is 22.0 Å². The van der Waals surface area contributed by atoms with Crippen LogP contribution in [0.3, 0.4) is 0 Å². The Labute approximate surface area is 128 Å². The van der Waals surface area contributed by atoms with Crippen LogP contribution in [0.2, 0.25) is 4.34 Å². The number of aromatic carboxylic acids is 1. The number of nitrogens with zero attached hydrogens (tertiary/aromatic N) is 1. The molecule has 0 spiro atoms. The number of nitrogens with one attached hydrogen (secondary N) is 1. The van der Waals surface area contributed by atoms with Crippen LogP contribution in [0.4, 0.5) is 0 Å². The van der Waals surface area contributed by atoms with Crippen LogP contribution >= 0.6 is 34.3 Å². The summed E-state index contributed by atoms with van der Waals surface area (Å²) in [5.74, 6) is -1.51. The van der Waals surface area contributed by atoms with Gasteiger partial charge >= 0.3 is 5.97 Å². The van der Waals surface area contributed by atoms with Crippen molar-refractivity contribution in [3.63, 3.8) is 0 Å². The molecule has 2 aromatic rings. The number of carboxylic acids is 1. The fraction of sp³-hybridized carbons (Fsp3) is 0.250. The predicted octanol–water partition coefficient (Wildman–Crippen LogP) is 2.98. The number of carbonyl (C=O) groups excluding carboxylic acids is 1. The summed E-state index contributed by atoms with van der Waals surface area (Å²) in [6.07, 6.45) is 0. The number of carbonyl (C=O) groups is 2. The molecule has 20 heavy (non-hydrogen) atoms. The van der Waals surface area contributed by atoms with Crippen molar-refractivity contribution < 1.29 is 14.7 Å². The van der Waals surface area contributed by atoms with Crippen LogP contribution in [0, 0.1) is 0 Å². The van der Waals surface area contributed by atoms with E-state index < -0.39 is 5.97 Å². The van der Waals surface area contributed by atoms with Crippen LogP contribution in [0.5, 0.6) is 0 Å². The molecule has 1 atom stereocenters. The summed E-state index contributed by atoms with van der Waals surface area (Å²) in [5.41, 5.74) is -0.00247. The van der Waals surface area contributed by atoms with E-state index in [1.54, 1.807) is 13.0 Å². The number of carboxylic acid groups (broad SMARTS) is 1. The Morgan fingerprint density at radius 1 is 1.50 bits per heavy atom. The lowest BCUT2D eigenvalue weighted by atomic mass is 10.1. The molecule has 106 valence electrons. The second-order valence-electron chi connectivity index (χ2n) is 4.01. The molecule has 0 aromatic carbocycles. The lowest BCUT2D eigenvalue weighted by Crippen LogP contribution is -2.27. The van der Waals surface area contributed by atoms with E-state index in [0.717, 1.165) is 4.88 Å². The van der Waals surface area contributed by atoms with Crippen molar-refractivity contribution in [2.75, 3.05) is 0 Å². The van der Waals surface area contributed by atoms with E-state index in [4.69, 9.17) is 16.7 Å². The summed E-state index contributed by atoms with van der Waals surface area (Å²) in [4.78, 5) is 27.5. The van der Waals surface area contributed by atoms with Gasteiger partial charge in [0.15, 0.2) is 5.69 Å². The molecule has 0 saturated carbocycles. The van der Waals surface area contributed by atoms with Crippen LogP contribution in [0.15, 0.2) is 17.5 Å². The Morgan fingerprint density at radius 2 is 2.25 bits per heavy atom. The van der Waals surface area contributed by atoms with Gasteiger partial charge in [0.1, 0.15) is 5.01 Å². The maximum absolute atomic E-state index is 12.0. The second-order valence-corrected chi connectivity index (χ2v) is 6.70. The summed E-state index contributed by atoms with van der Waals surface area (Å²) in [6, 6.07) is 3.58. The molecule has 0 aliphatic rings. The zero-order valence-electron chi connectivity index (χ0n) is 10.4. The van der Waals surface area contributed by atoms with Gasteiger partial charge in [-0.1, -0.05) is 11.6 Å². The Kier molecular flexibility index (Phi) is 4.74. The van der Waals surface area contributed by atoms with Gasteiger partial charge < -0.3 is 10.4 Å². The Balaban J connectivity index is 1.92. The smallest absolute Gasteiger partial charge is 0.355 e. The Morgan fingerprint density at radius 3 is 2.80 bits per heavy atom. The average Bonchev–Trinajstić information content (AvgIpc) is 3.03. The lowest BCUT2D eigenvalue weighted by molar-refractivity contribution is -0.122. The van der Waals surface area contributed by atoms with E-state index >= 15 is 0 Å². The first-order valence-electron chi connectivity index (χ1n) is 5.68. The molecule has 0 aliphatic carbocycles. The van der Waals surface area contributed by atoms with Crippen molar-refractivity contribution in [2.45, 2.75) is 19.4 Å². The minimum atomic E-state index is -1.07. The van der Waals surface area contributed by atoms with Gasteiger partial charge in [0.2, 0.25) is 5.91 Å². The third-order valence-corrected chi connectivity index (χ3v) is 4.86. The first-order valence-corrected chi connectivity index (χ1v) is 7.75. The van der Waals surface area contributed by atoms with E-state index in [0.29, 0.717) is 9.34 Å². The molecule has 2 N–H and O–H groups in total. The van der Waals surface area contributed by atoms with E-state index in [9.17, 15) is 9.59 Å². The summed E-state index contributed by atoms with van der Waals surface area (Å²) in [7, 11) is 0. The van der Waals surface area contributed by atoms with E-state index in [1.807, 2.05) is 6.07 Å². The van der Waals surface area contributed by atoms with Crippen molar-refractivity contribution in [1.29, 1.82) is 0 Å². The monoisotopic (exact) mass is 330 g/mol. The number of aromatic nitrogens is 1. The first kappa shape index (κ1) is 15.0. The van der Waals surface area contributed by atoms with Gasteiger partial charge in [-0.2, -0.15) is 0 Å². The number of halogens is 1. The van der Waals surface area contributed by atoms with Crippen LogP contribution in [-0.2, 0) is 11.3 Å². The zero-order chi connectivity index (χ0) is 14.7. The second kappa shape index (κ2) is 6.34. The van der Waals surface area contributed by atoms with E-state index in [-0.39, 0.29) is 24.1 Å². The number of hydrogen-bond donors (Lipinski definition) is 2. The van der Waals surface area contributed by atoms with Crippen LogP contribution < -0.4 is 5.32 Å². The highest BCUT2D eigenvalue weighted by Gasteiger charge is 2.17. The average molecular weight is 331 g/mol. The topological polar surface area (TPSA) is 79.3 Å². The van der Waals surface area contributed by atoms with Crippen molar-refractivity contribution in [3.8, 4) is 0 Å². The molecular weight excluding hydrogens is 320 g/mol. The molecule has 0 fully saturated rings. The molecule has 8 heteroatoms. The largest absolute Gasteiger partial charge is 0.476 e. The highest BCUT2D eigenvalue weighted by atomic mass is 35.5. The highest BCUT2D eigenvalue weighted by molar-refractivity contribution is 7.16. The number of thiazole rings is 1. The van der Waals surface area contributed by atoms with E-state index in [1.165, 1.54) is 28.1 Å². The summed E-state index contributed by atoms with van der Waals surface area (Å²) in [5, 5.41) is 13.5.